The second kappa shape index (κ2) is 6.15. The van der Waals surface area contributed by atoms with E-state index in [4.69, 9.17) is 4.74 Å². The lowest BCUT2D eigenvalue weighted by Gasteiger charge is -2.33. The Morgan fingerprint density at radius 1 is 1.29 bits per heavy atom. The standard InChI is InChI=1S/C15H22N4OS/c1-3-16-14-18-12(11-4-9-21-13(11)19-14)17-10-15(2)5-7-20-8-6-15/h4,9H,3,5-8,10H2,1-2H3,(H2,16,17,18,19). The summed E-state index contributed by atoms with van der Waals surface area (Å²) in [5.74, 6) is 1.64. The van der Waals surface area contributed by atoms with Crippen molar-refractivity contribution in [1.82, 2.24) is 9.97 Å². The summed E-state index contributed by atoms with van der Waals surface area (Å²) in [6, 6.07) is 2.09. The molecule has 0 radical (unpaired) electrons. The van der Waals surface area contributed by atoms with E-state index in [-0.39, 0.29) is 5.41 Å². The molecule has 0 amide bonds. The first-order valence-corrected chi connectivity index (χ1v) is 8.39. The first kappa shape index (κ1) is 14.5. The minimum Gasteiger partial charge on any atom is -0.381 e. The monoisotopic (exact) mass is 306 g/mol. The lowest BCUT2D eigenvalue weighted by molar-refractivity contribution is 0.0300. The first-order valence-electron chi connectivity index (χ1n) is 7.51. The molecule has 6 heteroatoms. The van der Waals surface area contributed by atoms with Crippen LogP contribution in [0.15, 0.2) is 11.4 Å². The van der Waals surface area contributed by atoms with Crippen molar-refractivity contribution in [2.45, 2.75) is 26.7 Å². The minimum atomic E-state index is 0.282. The van der Waals surface area contributed by atoms with Crippen LogP contribution in [0.2, 0.25) is 0 Å². The number of rotatable bonds is 5. The van der Waals surface area contributed by atoms with Gasteiger partial charge in [0.1, 0.15) is 10.6 Å². The average molecular weight is 306 g/mol. The third kappa shape index (κ3) is 3.27. The number of hydrogen-bond acceptors (Lipinski definition) is 6. The van der Waals surface area contributed by atoms with Gasteiger partial charge in [-0.3, -0.25) is 0 Å². The molecule has 0 atom stereocenters. The van der Waals surface area contributed by atoms with Gasteiger partial charge >= 0.3 is 0 Å². The number of hydrogen-bond donors (Lipinski definition) is 2. The van der Waals surface area contributed by atoms with Gasteiger partial charge in [0.05, 0.1) is 5.39 Å². The molecule has 5 nitrogen and oxygen atoms in total. The molecule has 0 unspecified atom stereocenters. The molecule has 0 aliphatic carbocycles. The van der Waals surface area contributed by atoms with Crippen LogP contribution in [0.25, 0.3) is 10.2 Å². The van der Waals surface area contributed by atoms with E-state index in [1.165, 1.54) is 0 Å². The van der Waals surface area contributed by atoms with Crippen LogP contribution in [0.5, 0.6) is 0 Å². The molecule has 0 saturated carbocycles. The van der Waals surface area contributed by atoms with Gasteiger partial charge in [0.15, 0.2) is 0 Å². The normalized spacial score (nSPS) is 17.8. The zero-order valence-corrected chi connectivity index (χ0v) is 13.4. The van der Waals surface area contributed by atoms with Crippen molar-refractivity contribution in [1.29, 1.82) is 0 Å². The minimum absolute atomic E-state index is 0.282. The molecular weight excluding hydrogens is 284 g/mol. The molecule has 2 aromatic heterocycles. The third-order valence-electron chi connectivity index (χ3n) is 4.04. The van der Waals surface area contributed by atoms with E-state index in [2.05, 4.69) is 45.9 Å². The van der Waals surface area contributed by atoms with Gasteiger partial charge in [-0.05, 0) is 36.6 Å². The van der Waals surface area contributed by atoms with Crippen molar-refractivity contribution in [3.05, 3.63) is 11.4 Å². The summed E-state index contributed by atoms with van der Waals surface area (Å²) < 4.78 is 5.46. The quantitative estimate of drug-likeness (QED) is 0.887. The van der Waals surface area contributed by atoms with Crippen molar-refractivity contribution in [3.8, 4) is 0 Å². The van der Waals surface area contributed by atoms with Crippen LogP contribution in [-0.2, 0) is 4.74 Å². The zero-order chi connectivity index (χ0) is 14.7. The number of aromatic nitrogens is 2. The van der Waals surface area contributed by atoms with Crippen LogP contribution in [0, 0.1) is 5.41 Å². The second-order valence-corrected chi connectivity index (χ2v) is 6.74. The molecule has 2 aromatic rings. The van der Waals surface area contributed by atoms with E-state index in [1.54, 1.807) is 11.3 Å². The molecule has 0 aromatic carbocycles. The van der Waals surface area contributed by atoms with Crippen LogP contribution in [0.1, 0.15) is 26.7 Å². The van der Waals surface area contributed by atoms with Gasteiger partial charge in [0.2, 0.25) is 5.95 Å². The largest absolute Gasteiger partial charge is 0.381 e. The molecular formula is C15H22N4OS. The van der Waals surface area contributed by atoms with E-state index < -0.39 is 0 Å². The second-order valence-electron chi connectivity index (χ2n) is 5.84. The lowest BCUT2D eigenvalue weighted by Crippen LogP contribution is -2.33. The Labute approximate surface area is 129 Å². The maximum atomic E-state index is 5.46. The Balaban J connectivity index is 1.80. The number of fused-ring (bicyclic) bond motifs is 1. The van der Waals surface area contributed by atoms with E-state index in [1.807, 2.05) is 0 Å². The van der Waals surface area contributed by atoms with Crippen molar-refractivity contribution in [2.75, 3.05) is 36.9 Å². The average Bonchev–Trinajstić information content (AvgIpc) is 2.94. The summed E-state index contributed by atoms with van der Waals surface area (Å²) in [7, 11) is 0. The fourth-order valence-corrected chi connectivity index (χ4v) is 3.33. The summed E-state index contributed by atoms with van der Waals surface area (Å²) in [4.78, 5) is 10.2. The molecule has 0 spiro atoms. The molecule has 0 bridgehead atoms. The molecule has 1 saturated heterocycles. The summed E-state index contributed by atoms with van der Waals surface area (Å²) in [5.41, 5.74) is 0.282. The van der Waals surface area contributed by atoms with E-state index in [9.17, 15) is 0 Å². The van der Waals surface area contributed by atoms with Gasteiger partial charge in [-0.25, -0.2) is 4.98 Å². The Morgan fingerprint density at radius 3 is 2.86 bits per heavy atom. The smallest absolute Gasteiger partial charge is 0.226 e. The van der Waals surface area contributed by atoms with Gasteiger partial charge in [0, 0.05) is 26.3 Å². The highest BCUT2D eigenvalue weighted by atomic mass is 32.1. The number of thiophene rings is 1. The van der Waals surface area contributed by atoms with Gasteiger partial charge < -0.3 is 15.4 Å². The topological polar surface area (TPSA) is 59.1 Å². The molecule has 1 aliphatic heterocycles. The molecule has 3 rings (SSSR count). The summed E-state index contributed by atoms with van der Waals surface area (Å²) in [5, 5.41) is 9.92. The molecule has 3 heterocycles. The highest BCUT2D eigenvalue weighted by Crippen LogP contribution is 2.32. The Hall–Kier alpha value is -1.40. The highest BCUT2D eigenvalue weighted by Gasteiger charge is 2.27. The predicted molar refractivity (Wildman–Crippen MR) is 88.2 cm³/mol. The van der Waals surface area contributed by atoms with Gasteiger partial charge in [-0.2, -0.15) is 4.98 Å². The number of ether oxygens (including phenoxy) is 1. The highest BCUT2D eigenvalue weighted by molar-refractivity contribution is 7.16. The van der Waals surface area contributed by atoms with Gasteiger partial charge in [0.25, 0.3) is 0 Å². The summed E-state index contributed by atoms with van der Waals surface area (Å²) in [6.45, 7) is 7.84. The van der Waals surface area contributed by atoms with Crippen molar-refractivity contribution in [2.24, 2.45) is 5.41 Å². The van der Waals surface area contributed by atoms with E-state index in [0.717, 1.165) is 55.2 Å². The molecule has 1 aliphatic rings. The SMILES string of the molecule is CCNc1nc(NCC2(C)CCOCC2)c2ccsc2n1. The first-order chi connectivity index (χ1) is 10.2. The summed E-state index contributed by atoms with van der Waals surface area (Å²) in [6.07, 6.45) is 2.19. The number of anilines is 2. The number of nitrogens with zero attached hydrogens (tertiary/aromatic N) is 2. The molecule has 2 N–H and O–H groups in total. The van der Waals surface area contributed by atoms with E-state index >= 15 is 0 Å². The van der Waals surface area contributed by atoms with Crippen molar-refractivity contribution >= 4 is 33.3 Å². The fraction of sp³-hybridized carbons (Fsp3) is 0.600. The van der Waals surface area contributed by atoms with Gasteiger partial charge in [-0.15, -0.1) is 11.3 Å². The van der Waals surface area contributed by atoms with Gasteiger partial charge in [-0.1, -0.05) is 6.92 Å². The molecule has 1 fully saturated rings. The van der Waals surface area contributed by atoms with E-state index in [0.29, 0.717) is 5.95 Å². The molecule has 21 heavy (non-hydrogen) atoms. The maximum Gasteiger partial charge on any atom is 0.226 e. The van der Waals surface area contributed by atoms with Crippen LogP contribution >= 0.6 is 11.3 Å². The predicted octanol–water partition coefficient (Wildman–Crippen LogP) is 3.35. The van der Waals surface area contributed by atoms with Crippen LogP contribution < -0.4 is 10.6 Å². The van der Waals surface area contributed by atoms with Crippen molar-refractivity contribution < 1.29 is 4.74 Å². The molecule has 114 valence electrons. The Kier molecular flexibility index (Phi) is 4.26. The van der Waals surface area contributed by atoms with Crippen LogP contribution in [0.3, 0.4) is 0 Å². The fourth-order valence-electron chi connectivity index (χ4n) is 2.57. The third-order valence-corrected chi connectivity index (χ3v) is 4.85. The maximum absolute atomic E-state index is 5.46. The Morgan fingerprint density at radius 2 is 2.10 bits per heavy atom. The lowest BCUT2D eigenvalue weighted by atomic mass is 9.82. The Bertz CT molecular complexity index is 607. The van der Waals surface area contributed by atoms with Crippen LogP contribution in [0.4, 0.5) is 11.8 Å². The zero-order valence-electron chi connectivity index (χ0n) is 12.6. The van der Waals surface area contributed by atoms with Crippen LogP contribution in [-0.4, -0.2) is 36.3 Å². The summed E-state index contributed by atoms with van der Waals surface area (Å²) >= 11 is 1.65. The number of nitrogens with one attached hydrogen (secondary N) is 2. The van der Waals surface area contributed by atoms with Crippen molar-refractivity contribution in [3.63, 3.8) is 0 Å².